The van der Waals surface area contributed by atoms with E-state index in [1.807, 2.05) is 6.92 Å². The Morgan fingerprint density at radius 2 is 2.11 bits per heavy atom. The summed E-state index contributed by atoms with van der Waals surface area (Å²) in [6.45, 7) is 6.31. The summed E-state index contributed by atoms with van der Waals surface area (Å²) in [5, 5.41) is 0. The van der Waals surface area contributed by atoms with Gasteiger partial charge >= 0.3 is 0 Å². The lowest BCUT2D eigenvalue weighted by atomic mass is 10.0. The molecule has 0 aromatic rings. The maximum atomic E-state index is 5.77. The van der Waals surface area contributed by atoms with Crippen LogP contribution in [0.15, 0.2) is 11.6 Å². The van der Waals surface area contributed by atoms with Crippen LogP contribution in [0.1, 0.15) is 33.6 Å². The summed E-state index contributed by atoms with van der Waals surface area (Å²) < 4.78 is 0. The first-order valence-electron chi connectivity index (χ1n) is 3.66. The van der Waals surface area contributed by atoms with Crippen LogP contribution in [0, 0.1) is 0 Å². The summed E-state index contributed by atoms with van der Waals surface area (Å²) in [6.07, 6.45) is 4.26. The van der Waals surface area contributed by atoms with Gasteiger partial charge in [-0.1, -0.05) is 25.5 Å². The van der Waals surface area contributed by atoms with Crippen LogP contribution in [-0.4, -0.2) is 6.04 Å². The molecule has 1 heteroatoms. The van der Waals surface area contributed by atoms with Crippen molar-refractivity contribution in [1.82, 2.24) is 0 Å². The third-order valence-electron chi connectivity index (χ3n) is 1.70. The quantitative estimate of drug-likeness (QED) is 0.577. The Labute approximate surface area is 57.9 Å². The van der Waals surface area contributed by atoms with Gasteiger partial charge in [0, 0.05) is 6.04 Å². The molecule has 0 bridgehead atoms. The third kappa shape index (κ3) is 2.66. The standard InChI is InChI=1S/C8H17N/c1-4-7(5-2)8(9)6-3/h4,8H,5-6,9H2,1-3H3/t8-/m1/s1. The minimum atomic E-state index is 0.292. The van der Waals surface area contributed by atoms with Crippen molar-refractivity contribution < 1.29 is 0 Å². The molecule has 0 fully saturated rings. The normalized spacial score (nSPS) is 15.8. The van der Waals surface area contributed by atoms with Gasteiger partial charge in [0.1, 0.15) is 0 Å². The lowest BCUT2D eigenvalue weighted by molar-refractivity contribution is 0.712. The second kappa shape index (κ2) is 4.57. The molecular formula is C8H17N. The Balaban J connectivity index is 3.80. The van der Waals surface area contributed by atoms with Crippen molar-refractivity contribution in [3.63, 3.8) is 0 Å². The summed E-state index contributed by atoms with van der Waals surface area (Å²) in [5.41, 5.74) is 7.14. The van der Waals surface area contributed by atoms with Gasteiger partial charge in [0.05, 0.1) is 0 Å². The smallest absolute Gasteiger partial charge is 0.0250 e. The SMILES string of the molecule is CC=C(CC)[C@H](N)CC. The van der Waals surface area contributed by atoms with Crippen molar-refractivity contribution in [3.8, 4) is 0 Å². The first-order chi connectivity index (χ1) is 4.26. The van der Waals surface area contributed by atoms with Gasteiger partial charge in [-0.25, -0.2) is 0 Å². The van der Waals surface area contributed by atoms with E-state index in [0.29, 0.717) is 6.04 Å². The Hall–Kier alpha value is -0.300. The number of rotatable bonds is 3. The van der Waals surface area contributed by atoms with Crippen LogP contribution in [-0.2, 0) is 0 Å². The Morgan fingerprint density at radius 1 is 1.56 bits per heavy atom. The molecule has 1 atom stereocenters. The molecule has 0 unspecified atom stereocenters. The van der Waals surface area contributed by atoms with Gasteiger partial charge in [0.15, 0.2) is 0 Å². The van der Waals surface area contributed by atoms with Crippen molar-refractivity contribution in [2.45, 2.75) is 39.7 Å². The molecule has 9 heavy (non-hydrogen) atoms. The van der Waals surface area contributed by atoms with E-state index in [1.54, 1.807) is 0 Å². The van der Waals surface area contributed by atoms with Gasteiger partial charge in [-0.05, 0) is 19.8 Å². The maximum Gasteiger partial charge on any atom is 0.0250 e. The van der Waals surface area contributed by atoms with E-state index in [9.17, 15) is 0 Å². The van der Waals surface area contributed by atoms with Gasteiger partial charge in [-0.3, -0.25) is 0 Å². The fourth-order valence-corrected chi connectivity index (χ4v) is 0.943. The van der Waals surface area contributed by atoms with E-state index in [2.05, 4.69) is 19.9 Å². The van der Waals surface area contributed by atoms with Gasteiger partial charge in [-0.2, -0.15) is 0 Å². The summed E-state index contributed by atoms with van der Waals surface area (Å²) in [6, 6.07) is 0.292. The summed E-state index contributed by atoms with van der Waals surface area (Å²) in [5.74, 6) is 0. The Bertz CT molecular complexity index is 94.7. The van der Waals surface area contributed by atoms with Crippen LogP contribution in [0.5, 0.6) is 0 Å². The predicted molar refractivity (Wildman–Crippen MR) is 42.3 cm³/mol. The van der Waals surface area contributed by atoms with Crippen molar-refractivity contribution in [2.75, 3.05) is 0 Å². The van der Waals surface area contributed by atoms with Crippen molar-refractivity contribution >= 4 is 0 Å². The highest BCUT2D eigenvalue weighted by molar-refractivity contribution is 5.07. The third-order valence-corrected chi connectivity index (χ3v) is 1.70. The van der Waals surface area contributed by atoms with Gasteiger partial charge in [-0.15, -0.1) is 0 Å². The second-order valence-corrected chi connectivity index (χ2v) is 2.23. The molecule has 0 aliphatic rings. The van der Waals surface area contributed by atoms with Gasteiger partial charge in [0.2, 0.25) is 0 Å². The van der Waals surface area contributed by atoms with E-state index in [0.717, 1.165) is 12.8 Å². The largest absolute Gasteiger partial charge is 0.324 e. The lowest BCUT2D eigenvalue weighted by Crippen LogP contribution is -2.20. The van der Waals surface area contributed by atoms with Crippen LogP contribution >= 0.6 is 0 Å². The highest BCUT2D eigenvalue weighted by atomic mass is 14.6. The van der Waals surface area contributed by atoms with Crippen LogP contribution in [0.2, 0.25) is 0 Å². The number of hydrogen-bond acceptors (Lipinski definition) is 1. The van der Waals surface area contributed by atoms with Gasteiger partial charge in [0.25, 0.3) is 0 Å². The monoisotopic (exact) mass is 127 g/mol. The highest BCUT2D eigenvalue weighted by Crippen LogP contribution is 2.06. The molecule has 0 aliphatic heterocycles. The molecule has 0 saturated carbocycles. The number of nitrogens with two attached hydrogens (primary N) is 1. The Morgan fingerprint density at radius 3 is 2.22 bits per heavy atom. The molecule has 1 nitrogen and oxygen atoms in total. The van der Waals surface area contributed by atoms with Crippen molar-refractivity contribution in [2.24, 2.45) is 5.73 Å². The number of hydrogen-bond donors (Lipinski definition) is 1. The topological polar surface area (TPSA) is 26.0 Å². The molecular weight excluding hydrogens is 110 g/mol. The van der Waals surface area contributed by atoms with E-state index in [1.165, 1.54) is 5.57 Å². The summed E-state index contributed by atoms with van der Waals surface area (Å²) >= 11 is 0. The average Bonchev–Trinajstić information content (AvgIpc) is 1.90. The molecule has 0 aromatic heterocycles. The molecule has 0 rings (SSSR count). The molecule has 0 amide bonds. The Kier molecular flexibility index (Phi) is 4.41. The first kappa shape index (κ1) is 8.70. The van der Waals surface area contributed by atoms with Crippen LogP contribution in [0.25, 0.3) is 0 Å². The molecule has 2 N–H and O–H groups in total. The predicted octanol–water partition coefficient (Wildman–Crippen LogP) is 2.08. The van der Waals surface area contributed by atoms with Gasteiger partial charge < -0.3 is 5.73 Å². The van der Waals surface area contributed by atoms with Crippen LogP contribution in [0.4, 0.5) is 0 Å². The van der Waals surface area contributed by atoms with E-state index in [4.69, 9.17) is 5.73 Å². The fraction of sp³-hybridized carbons (Fsp3) is 0.750. The molecule has 0 aliphatic carbocycles. The molecule has 0 radical (unpaired) electrons. The zero-order chi connectivity index (χ0) is 7.28. The van der Waals surface area contributed by atoms with Crippen molar-refractivity contribution in [3.05, 3.63) is 11.6 Å². The first-order valence-corrected chi connectivity index (χ1v) is 3.66. The molecule has 0 spiro atoms. The maximum absolute atomic E-state index is 5.77. The van der Waals surface area contributed by atoms with Crippen LogP contribution in [0.3, 0.4) is 0 Å². The van der Waals surface area contributed by atoms with Crippen molar-refractivity contribution in [1.29, 1.82) is 0 Å². The molecule has 0 saturated heterocycles. The fourth-order valence-electron chi connectivity index (χ4n) is 0.943. The van der Waals surface area contributed by atoms with Crippen LogP contribution < -0.4 is 5.73 Å². The zero-order valence-corrected chi connectivity index (χ0v) is 6.65. The second-order valence-electron chi connectivity index (χ2n) is 2.23. The van der Waals surface area contributed by atoms with E-state index >= 15 is 0 Å². The number of allylic oxidation sites excluding steroid dienone is 1. The summed E-state index contributed by atoms with van der Waals surface area (Å²) in [7, 11) is 0. The average molecular weight is 127 g/mol. The highest BCUT2D eigenvalue weighted by Gasteiger charge is 2.01. The minimum Gasteiger partial charge on any atom is -0.324 e. The molecule has 0 heterocycles. The lowest BCUT2D eigenvalue weighted by Gasteiger charge is -2.10. The summed E-state index contributed by atoms with van der Waals surface area (Å²) in [4.78, 5) is 0. The van der Waals surface area contributed by atoms with E-state index in [-0.39, 0.29) is 0 Å². The zero-order valence-electron chi connectivity index (χ0n) is 6.65. The molecule has 54 valence electrons. The van der Waals surface area contributed by atoms with E-state index < -0.39 is 0 Å². The minimum absolute atomic E-state index is 0.292. The molecule has 0 aromatic carbocycles.